The monoisotopic (exact) mass is 236 g/mol. The Labute approximate surface area is 100 Å². The molecule has 2 amide bonds. The van der Waals surface area contributed by atoms with Crippen LogP contribution in [-0.2, 0) is 0 Å². The lowest BCUT2D eigenvalue weighted by molar-refractivity contribution is 0.250. The Hall–Kier alpha value is -1.66. The van der Waals surface area contributed by atoms with Gasteiger partial charge < -0.3 is 10.6 Å². The molecule has 0 saturated heterocycles. The number of amides is 2. The Morgan fingerprint density at radius 3 is 2.62 bits per heavy atom. The minimum Gasteiger partial charge on any atom is -0.324 e. The molecule has 0 aliphatic rings. The van der Waals surface area contributed by atoms with Gasteiger partial charge in [0.2, 0.25) is 0 Å². The summed E-state index contributed by atoms with van der Waals surface area (Å²) in [5, 5.41) is 5.95. The fourth-order valence-corrected chi connectivity index (χ4v) is 1.25. The fraction of sp³-hybridized carbons (Fsp3) is 0.250. The SMILES string of the molecule is C#CC(CC)NC(=O)Nc1ccc(Cl)cc1. The number of carbonyl (C=O) groups is 1. The number of anilines is 1. The minimum atomic E-state index is -0.313. The normalized spacial score (nSPS) is 11.3. The van der Waals surface area contributed by atoms with Gasteiger partial charge in [0.1, 0.15) is 0 Å². The third-order valence-corrected chi connectivity index (χ3v) is 2.27. The van der Waals surface area contributed by atoms with Crippen LogP contribution in [0.2, 0.25) is 5.02 Å². The van der Waals surface area contributed by atoms with Crippen molar-refractivity contribution in [1.29, 1.82) is 0 Å². The lowest BCUT2D eigenvalue weighted by atomic mass is 10.2. The molecule has 0 aliphatic heterocycles. The number of carbonyl (C=O) groups excluding carboxylic acids is 1. The van der Waals surface area contributed by atoms with Crippen molar-refractivity contribution in [2.75, 3.05) is 5.32 Å². The summed E-state index contributed by atoms with van der Waals surface area (Å²) < 4.78 is 0. The second kappa shape index (κ2) is 6.04. The highest BCUT2D eigenvalue weighted by atomic mass is 35.5. The summed E-state index contributed by atoms with van der Waals surface area (Å²) in [6.07, 6.45) is 5.93. The van der Waals surface area contributed by atoms with Crippen molar-refractivity contribution in [2.24, 2.45) is 0 Å². The third kappa shape index (κ3) is 3.84. The molecule has 0 fully saturated rings. The number of nitrogens with one attached hydrogen (secondary N) is 2. The van der Waals surface area contributed by atoms with Crippen LogP contribution < -0.4 is 10.6 Å². The molecule has 1 aromatic rings. The van der Waals surface area contributed by atoms with E-state index < -0.39 is 0 Å². The Bertz CT molecular complexity index is 394. The number of urea groups is 1. The molecule has 0 saturated carbocycles. The highest BCUT2D eigenvalue weighted by Crippen LogP contribution is 2.13. The van der Waals surface area contributed by atoms with Gasteiger partial charge in [-0.2, -0.15) is 0 Å². The van der Waals surface area contributed by atoms with E-state index in [1.807, 2.05) is 6.92 Å². The topological polar surface area (TPSA) is 41.1 Å². The van der Waals surface area contributed by atoms with Gasteiger partial charge in [0.05, 0.1) is 6.04 Å². The molecule has 16 heavy (non-hydrogen) atoms. The van der Waals surface area contributed by atoms with Gasteiger partial charge in [0, 0.05) is 10.7 Å². The third-order valence-electron chi connectivity index (χ3n) is 2.02. The van der Waals surface area contributed by atoms with Gasteiger partial charge >= 0.3 is 6.03 Å². The van der Waals surface area contributed by atoms with E-state index in [-0.39, 0.29) is 12.1 Å². The van der Waals surface area contributed by atoms with Crippen molar-refractivity contribution >= 4 is 23.3 Å². The van der Waals surface area contributed by atoms with E-state index in [1.54, 1.807) is 24.3 Å². The van der Waals surface area contributed by atoms with E-state index >= 15 is 0 Å². The van der Waals surface area contributed by atoms with Gasteiger partial charge in [-0.3, -0.25) is 0 Å². The summed E-state index contributed by atoms with van der Waals surface area (Å²) in [5.41, 5.74) is 0.675. The van der Waals surface area contributed by atoms with E-state index in [0.717, 1.165) is 0 Å². The Morgan fingerprint density at radius 1 is 1.50 bits per heavy atom. The molecular formula is C12H13ClN2O. The van der Waals surface area contributed by atoms with E-state index in [0.29, 0.717) is 17.1 Å². The molecule has 1 rings (SSSR count). The standard InChI is InChI=1S/C12H13ClN2O/c1-3-10(4-2)14-12(16)15-11-7-5-9(13)6-8-11/h1,5-8,10H,4H2,2H3,(H2,14,15,16). The molecule has 0 aliphatic carbocycles. The molecule has 0 spiro atoms. The summed E-state index contributed by atoms with van der Waals surface area (Å²) in [6, 6.07) is 6.29. The summed E-state index contributed by atoms with van der Waals surface area (Å²) in [7, 11) is 0. The second-order valence-electron chi connectivity index (χ2n) is 3.23. The first-order chi connectivity index (χ1) is 7.65. The fourth-order valence-electron chi connectivity index (χ4n) is 1.12. The number of rotatable bonds is 3. The minimum absolute atomic E-state index is 0.243. The molecular weight excluding hydrogens is 224 g/mol. The van der Waals surface area contributed by atoms with Gasteiger partial charge in [-0.05, 0) is 30.7 Å². The lowest BCUT2D eigenvalue weighted by Gasteiger charge is -2.11. The largest absolute Gasteiger partial charge is 0.324 e. The smallest absolute Gasteiger partial charge is 0.320 e. The second-order valence-corrected chi connectivity index (χ2v) is 3.67. The average molecular weight is 237 g/mol. The van der Waals surface area contributed by atoms with E-state index in [9.17, 15) is 4.79 Å². The number of hydrogen-bond acceptors (Lipinski definition) is 1. The molecule has 84 valence electrons. The predicted octanol–water partition coefficient (Wildman–Crippen LogP) is 2.87. The summed E-state index contributed by atoms with van der Waals surface area (Å²) in [5.74, 6) is 2.48. The van der Waals surface area contributed by atoms with Crippen molar-refractivity contribution in [3.05, 3.63) is 29.3 Å². The maximum Gasteiger partial charge on any atom is 0.320 e. The Morgan fingerprint density at radius 2 is 2.12 bits per heavy atom. The zero-order valence-electron chi connectivity index (χ0n) is 8.96. The Balaban J connectivity index is 2.52. The van der Waals surface area contributed by atoms with Crippen LogP contribution in [0.25, 0.3) is 0 Å². The zero-order chi connectivity index (χ0) is 12.0. The first-order valence-electron chi connectivity index (χ1n) is 4.95. The van der Waals surface area contributed by atoms with Crippen LogP contribution in [0.1, 0.15) is 13.3 Å². The number of terminal acetylenes is 1. The van der Waals surface area contributed by atoms with Gasteiger partial charge in [-0.25, -0.2) is 4.79 Å². The van der Waals surface area contributed by atoms with Crippen molar-refractivity contribution in [1.82, 2.24) is 5.32 Å². The van der Waals surface area contributed by atoms with E-state index in [2.05, 4.69) is 16.6 Å². The van der Waals surface area contributed by atoms with Gasteiger partial charge in [0.15, 0.2) is 0 Å². The van der Waals surface area contributed by atoms with Crippen LogP contribution in [-0.4, -0.2) is 12.1 Å². The summed E-state index contributed by atoms with van der Waals surface area (Å²) in [6.45, 7) is 1.91. The number of benzene rings is 1. The lowest BCUT2D eigenvalue weighted by Crippen LogP contribution is -2.36. The van der Waals surface area contributed by atoms with Crippen LogP contribution in [0, 0.1) is 12.3 Å². The molecule has 0 radical (unpaired) electrons. The molecule has 0 aromatic heterocycles. The highest BCUT2D eigenvalue weighted by Gasteiger charge is 2.06. The van der Waals surface area contributed by atoms with Crippen LogP contribution in [0.15, 0.2) is 24.3 Å². The summed E-state index contributed by atoms with van der Waals surface area (Å²) >= 11 is 5.72. The molecule has 1 atom stereocenters. The average Bonchev–Trinajstić information content (AvgIpc) is 2.29. The highest BCUT2D eigenvalue weighted by molar-refractivity contribution is 6.30. The van der Waals surface area contributed by atoms with E-state index in [4.69, 9.17) is 18.0 Å². The van der Waals surface area contributed by atoms with Crippen LogP contribution in [0.3, 0.4) is 0 Å². The van der Waals surface area contributed by atoms with Crippen molar-refractivity contribution in [3.8, 4) is 12.3 Å². The molecule has 1 unspecified atom stereocenters. The molecule has 2 N–H and O–H groups in total. The molecule has 3 nitrogen and oxygen atoms in total. The van der Waals surface area contributed by atoms with Crippen LogP contribution in [0.4, 0.5) is 10.5 Å². The maximum absolute atomic E-state index is 11.5. The van der Waals surface area contributed by atoms with Crippen LogP contribution >= 0.6 is 11.6 Å². The summed E-state index contributed by atoms with van der Waals surface area (Å²) in [4.78, 5) is 11.5. The van der Waals surface area contributed by atoms with Crippen molar-refractivity contribution in [3.63, 3.8) is 0 Å². The molecule has 1 aromatic carbocycles. The predicted molar refractivity (Wildman–Crippen MR) is 66.5 cm³/mol. The van der Waals surface area contributed by atoms with Crippen molar-refractivity contribution in [2.45, 2.75) is 19.4 Å². The molecule has 4 heteroatoms. The first-order valence-corrected chi connectivity index (χ1v) is 5.32. The van der Waals surface area contributed by atoms with E-state index in [1.165, 1.54) is 0 Å². The quantitative estimate of drug-likeness (QED) is 0.779. The molecule has 0 bridgehead atoms. The first kappa shape index (κ1) is 12.4. The van der Waals surface area contributed by atoms with Gasteiger partial charge in [-0.1, -0.05) is 24.4 Å². The number of halogens is 1. The zero-order valence-corrected chi connectivity index (χ0v) is 9.71. The Kier molecular flexibility index (Phi) is 4.68. The maximum atomic E-state index is 11.5. The molecule has 0 heterocycles. The van der Waals surface area contributed by atoms with Crippen LogP contribution in [0.5, 0.6) is 0 Å². The van der Waals surface area contributed by atoms with Gasteiger partial charge in [0.25, 0.3) is 0 Å². The van der Waals surface area contributed by atoms with Gasteiger partial charge in [-0.15, -0.1) is 6.42 Å². The number of hydrogen-bond donors (Lipinski definition) is 2. The van der Waals surface area contributed by atoms with Crippen molar-refractivity contribution < 1.29 is 4.79 Å².